The van der Waals surface area contributed by atoms with Crippen LogP contribution in [-0.4, -0.2) is 64.0 Å². The van der Waals surface area contributed by atoms with Gasteiger partial charge in [0, 0.05) is 39.1 Å². The van der Waals surface area contributed by atoms with Crippen molar-refractivity contribution in [2.24, 2.45) is 0 Å². The lowest BCUT2D eigenvalue weighted by Gasteiger charge is -2.35. The van der Waals surface area contributed by atoms with E-state index in [2.05, 4.69) is 9.72 Å². The van der Waals surface area contributed by atoms with Crippen LogP contribution in [0.5, 0.6) is 5.75 Å². The number of fused-ring (bicyclic) bond motifs is 1. The van der Waals surface area contributed by atoms with Gasteiger partial charge in [-0.2, -0.15) is 8.78 Å². The second-order valence-corrected chi connectivity index (χ2v) is 7.91. The number of rotatable bonds is 7. The average Bonchev–Trinajstić information content (AvgIpc) is 2.85. The predicted molar refractivity (Wildman–Crippen MR) is 121 cm³/mol. The Hall–Kier alpha value is -3.82. The Bertz CT molecular complexity index is 1240. The number of para-hydroxylation sites is 2. The molecular weight excluding hydrogens is 446 g/mol. The van der Waals surface area contributed by atoms with Crippen LogP contribution in [-0.2, 0) is 11.3 Å². The minimum Gasteiger partial charge on any atom is -0.434 e. The van der Waals surface area contributed by atoms with E-state index in [1.807, 2.05) is 6.07 Å². The normalized spacial score (nSPS) is 14.0. The summed E-state index contributed by atoms with van der Waals surface area (Å²) in [6, 6.07) is 13.0. The molecule has 1 saturated heterocycles. The number of carbonyl (C=O) groups is 2. The van der Waals surface area contributed by atoms with Crippen molar-refractivity contribution in [1.29, 1.82) is 0 Å². The molecule has 34 heavy (non-hydrogen) atoms. The minimum absolute atomic E-state index is 0.0599. The van der Waals surface area contributed by atoms with E-state index >= 15 is 0 Å². The van der Waals surface area contributed by atoms with Gasteiger partial charge in [-0.3, -0.25) is 19.0 Å². The highest BCUT2D eigenvalue weighted by Crippen LogP contribution is 2.22. The molecule has 0 N–H and O–H groups in total. The van der Waals surface area contributed by atoms with Gasteiger partial charge < -0.3 is 14.5 Å². The molecule has 8 nitrogen and oxygen atoms in total. The smallest absolute Gasteiger partial charge is 0.387 e. The maximum atomic E-state index is 12.8. The van der Waals surface area contributed by atoms with Gasteiger partial charge in [0.25, 0.3) is 11.5 Å². The second kappa shape index (κ2) is 10.4. The largest absolute Gasteiger partial charge is 0.434 e. The van der Waals surface area contributed by atoms with Gasteiger partial charge in [-0.25, -0.2) is 4.98 Å². The number of aromatic nitrogens is 2. The molecule has 1 aliphatic rings. The third-order valence-electron chi connectivity index (χ3n) is 5.77. The zero-order chi connectivity index (χ0) is 24.1. The van der Waals surface area contributed by atoms with Crippen LogP contribution in [0.4, 0.5) is 8.78 Å². The molecule has 1 aromatic heterocycles. The van der Waals surface area contributed by atoms with Gasteiger partial charge in [0.1, 0.15) is 5.75 Å². The minimum atomic E-state index is -3.02. The van der Waals surface area contributed by atoms with Crippen LogP contribution in [0.1, 0.15) is 23.2 Å². The summed E-state index contributed by atoms with van der Waals surface area (Å²) < 4.78 is 31.2. The summed E-state index contributed by atoms with van der Waals surface area (Å²) >= 11 is 0. The van der Waals surface area contributed by atoms with Crippen LogP contribution in [0.2, 0.25) is 0 Å². The van der Waals surface area contributed by atoms with Gasteiger partial charge in [0.15, 0.2) is 0 Å². The Morgan fingerprint density at radius 3 is 2.41 bits per heavy atom. The number of hydrogen-bond donors (Lipinski definition) is 0. The van der Waals surface area contributed by atoms with Gasteiger partial charge in [0.05, 0.1) is 22.8 Å². The van der Waals surface area contributed by atoms with E-state index in [1.54, 1.807) is 29.2 Å². The summed E-state index contributed by atoms with van der Waals surface area (Å²) in [7, 11) is 0. The van der Waals surface area contributed by atoms with Crippen molar-refractivity contribution in [2.75, 3.05) is 26.2 Å². The van der Waals surface area contributed by atoms with E-state index < -0.39 is 12.5 Å². The molecular formula is C24H24F2N4O4. The van der Waals surface area contributed by atoms with Crippen molar-refractivity contribution in [3.8, 4) is 5.75 Å². The quantitative estimate of drug-likeness (QED) is 0.530. The molecule has 1 aliphatic heterocycles. The number of piperazine rings is 1. The van der Waals surface area contributed by atoms with Crippen molar-refractivity contribution in [3.63, 3.8) is 0 Å². The number of hydrogen-bond acceptors (Lipinski definition) is 5. The summed E-state index contributed by atoms with van der Waals surface area (Å²) in [6.45, 7) is -1.37. The number of aryl methyl sites for hydroxylation is 1. The molecule has 4 rings (SSSR count). The topological polar surface area (TPSA) is 84.7 Å². The Morgan fingerprint density at radius 1 is 0.971 bits per heavy atom. The number of amides is 2. The van der Waals surface area contributed by atoms with E-state index in [1.165, 1.54) is 34.0 Å². The van der Waals surface area contributed by atoms with E-state index in [0.717, 1.165) is 0 Å². The SMILES string of the molecule is O=C(CCCn1cnc2ccccc2c1=O)N1CCN(C(=O)c2ccccc2OC(F)F)CC1. The standard InChI is InChI=1S/C24H24F2N4O4/c25-24(26)34-20-9-4-2-7-18(20)23(33)29-14-12-28(13-15-29)21(31)10-5-11-30-16-27-19-8-3-1-6-17(19)22(30)32/h1-4,6-9,16,24H,5,10-15H2. The summed E-state index contributed by atoms with van der Waals surface area (Å²) in [6.07, 6.45) is 2.24. The fourth-order valence-corrected chi connectivity index (χ4v) is 4.00. The molecule has 0 bridgehead atoms. The molecule has 3 aromatic rings. The fraction of sp³-hybridized carbons (Fsp3) is 0.333. The molecule has 2 amide bonds. The highest BCUT2D eigenvalue weighted by atomic mass is 19.3. The zero-order valence-electron chi connectivity index (χ0n) is 18.4. The van der Waals surface area contributed by atoms with Crippen LogP contribution in [0.3, 0.4) is 0 Å². The average molecular weight is 470 g/mol. The molecule has 2 heterocycles. The molecule has 0 spiro atoms. The van der Waals surface area contributed by atoms with Gasteiger partial charge in [-0.15, -0.1) is 0 Å². The third kappa shape index (κ3) is 5.22. The van der Waals surface area contributed by atoms with Crippen molar-refractivity contribution in [1.82, 2.24) is 19.4 Å². The van der Waals surface area contributed by atoms with Crippen LogP contribution < -0.4 is 10.3 Å². The van der Waals surface area contributed by atoms with E-state index in [0.29, 0.717) is 50.0 Å². The Balaban J connectivity index is 1.28. The number of ether oxygens (including phenoxy) is 1. The van der Waals surface area contributed by atoms with E-state index in [-0.39, 0.29) is 29.2 Å². The summed E-state index contributed by atoms with van der Waals surface area (Å²) in [4.78, 5) is 45.4. The molecule has 1 fully saturated rings. The number of halogens is 2. The molecule has 0 aliphatic carbocycles. The Kier molecular flexibility index (Phi) is 7.15. The summed E-state index contributed by atoms with van der Waals surface area (Å²) in [5, 5.41) is 0.539. The van der Waals surface area contributed by atoms with Gasteiger partial charge in [-0.05, 0) is 30.7 Å². The molecule has 0 unspecified atom stereocenters. The number of benzene rings is 2. The van der Waals surface area contributed by atoms with Crippen molar-refractivity contribution < 1.29 is 23.1 Å². The fourth-order valence-electron chi connectivity index (χ4n) is 4.00. The Morgan fingerprint density at radius 2 is 1.65 bits per heavy atom. The number of nitrogens with zero attached hydrogens (tertiary/aromatic N) is 4. The summed E-state index contributed by atoms with van der Waals surface area (Å²) in [5.74, 6) is -0.638. The lowest BCUT2D eigenvalue weighted by atomic mass is 10.1. The maximum Gasteiger partial charge on any atom is 0.387 e. The maximum absolute atomic E-state index is 12.8. The van der Waals surface area contributed by atoms with Crippen LogP contribution in [0, 0.1) is 0 Å². The van der Waals surface area contributed by atoms with Crippen molar-refractivity contribution >= 4 is 22.7 Å². The van der Waals surface area contributed by atoms with Crippen molar-refractivity contribution in [3.05, 3.63) is 70.8 Å². The number of alkyl halides is 2. The van der Waals surface area contributed by atoms with E-state index in [9.17, 15) is 23.2 Å². The number of carbonyl (C=O) groups excluding carboxylic acids is 2. The third-order valence-corrected chi connectivity index (χ3v) is 5.77. The second-order valence-electron chi connectivity index (χ2n) is 7.91. The first kappa shape index (κ1) is 23.3. The first-order valence-corrected chi connectivity index (χ1v) is 11.0. The molecule has 178 valence electrons. The molecule has 0 atom stereocenters. The first-order chi connectivity index (χ1) is 16.4. The molecule has 10 heteroatoms. The lowest BCUT2D eigenvalue weighted by molar-refractivity contribution is -0.132. The highest BCUT2D eigenvalue weighted by molar-refractivity contribution is 5.97. The molecule has 0 saturated carbocycles. The molecule has 0 radical (unpaired) electrons. The Labute approximate surface area is 194 Å². The zero-order valence-corrected chi connectivity index (χ0v) is 18.4. The van der Waals surface area contributed by atoms with Gasteiger partial charge in [-0.1, -0.05) is 24.3 Å². The van der Waals surface area contributed by atoms with Gasteiger partial charge >= 0.3 is 6.61 Å². The predicted octanol–water partition coefficient (Wildman–Crippen LogP) is 2.76. The van der Waals surface area contributed by atoms with Crippen molar-refractivity contribution in [2.45, 2.75) is 26.0 Å². The lowest BCUT2D eigenvalue weighted by Crippen LogP contribution is -2.50. The van der Waals surface area contributed by atoms with Crippen LogP contribution in [0.15, 0.2) is 59.7 Å². The summed E-state index contributed by atoms with van der Waals surface area (Å²) in [5.41, 5.74) is 0.564. The molecule has 2 aromatic carbocycles. The van der Waals surface area contributed by atoms with Crippen LogP contribution >= 0.6 is 0 Å². The van der Waals surface area contributed by atoms with E-state index in [4.69, 9.17) is 0 Å². The first-order valence-electron chi connectivity index (χ1n) is 11.0. The van der Waals surface area contributed by atoms with Gasteiger partial charge in [0.2, 0.25) is 5.91 Å². The monoisotopic (exact) mass is 470 g/mol. The van der Waals surface area contributed by atoms with Crippen LogP contribution in [0.25, 0.3) is 10.9 Å². The highest BCUT2D eigenvalue weighted by Gasteiger charge is 2.26.